The first-order chi connectivity index (χ1) is 14.8. The first-order valence-corrected chi connectivity index (χ1v) is 11.1. The van der Waals surface area contributed by atoms with Gasteiger partial charge in [0.05, 0.1) is 6.21 Å². The number of allylic oxidation sites excluding steroid dienone is 2. The van der Waals surface area contributed by atoms with Gasteiger partial charge in [0, 0.05) is 24.5 Å². The Morgan fingerprint density at radius 2 is 1.60 bits per heavy atom. The molecule has 0 atom stereocenters. The summed E-state index contributed by atoms with van der Waals surface area (Å²) in [6.07, 6.45) is 10.2. The first-order valence-electron chi connectivity index (χ1n) is 10.7. The van der Waals surface area contributed by atoms with Crippen molar-refractivity contribution in [2.45, 2.75) is 32.1 Å². The molecule has 2 aliphatic rings. The van der Waals surface area contributed by atoms with Crippen molar-refractivity contribution in [3.63, 3.8) is 0 Å². The van der Waals surface area contributed by atoms with E-state index >= 15 is 0 Å². The number of anilines is 1. The fourth-order valence-corrected chi connectivity index (χ4v) is 4.27. The number of nitrogens with zero attached hydrogens (tertiary/aromatic N) is 2. The number of hydrazone groups is 1. The predicted molar refractivity (Wildman–Crippen MR) is 130 cm³/mol. The minimum Gasteiger partial charge on any atom is -0.371 e. The maximum absolute atomic E-state index is 5.37. The van der Waals surface area contributed by atoms with E-state index in [2.05, 4.69) is 57.2 Å². The molecule has 0 unspecified atom stereocenters. The van der Waals surface area contributed by atoms with Crippen LogP contribution in [0.5, 0.6) is 0 Å². The largest absolute Gasteiger partial charge is 0.371 e. The molecule has 1 saturated heterocycles. The van der Waals surface area contributed by atoms with Crippen LogP contribution in [-0.2, 0) is 0 Å². The van der Waals surface area contributed by atoms with Crippen LogP contribution in [0.15, 0.2) is 82.6 Å². The molecule has 0 amide bonds. The molecule has 2 aromatic carbocycles. The lowest BCUT2D eigenvalue weighted by atomic mass is 10.0. The standard InChI is InChI=1S/C25H28N4S/c30-25(27-23-12-6-2-7-13-23)28-26-19-22-15-14-21(18-20-10-4-1-5-11-20)24(22)29-16-8-3-9-17-29/h1-2,4-7,10-13,18-19H,3,8-9,14-17H2,(H2,27,28,30)/b21-18-,26-19-. The van der Waals surface area contributed by atoms with Crippen LogP contribution in [0.25, 0.3) is 6.08 Å². The molecule has 0 saturated carbocycles. The van der Waals surface area contributed by atoms with Crippen molar-refractivity contribution in [2.24, 2.45) is 5.10 Å². The SMILES string of the molecule is S=C(N/N=C\C1=C(N2CCCCC2)C(=C\c2ccccc2)/CC1)Nc1ccccc1. The first kappa shape index (κ1) is 20.4. The van der Waals surface area contributed by atoms with Crippen molar-refractivity contribution in [3.8, 4) is 0 Å². The van der Waals surface area contributed by atoms with Crippen molar-refractivity contribution >= 4 is 35.3 Å². The van der Waals surface area contributed by atoms with Crippen LogP contribution < -0.4 is 10.7 Å². The summed E-state index contributed by atoms with van der Waals surface area (Å²) in [5.41, 5.74) is 9.24. The maximum atomic E-state index is 5.37. The van der Waals surface area contributed by atoms with Gasteiger partial charge >= 0.3 is 0 Å². The van der Waals surface area contributed by atoms with Crippen LogP contribution in [0.1, 0.15) is 37.7 Å². The van der Waals surface area contributed by atoms with Crippen molar-refractivity contribution in [1.82, 2.24) is 10.3 Å². The Balaban J connectivity index is 1.50. The molecular weight excluding hydrogens is 388 g/mol. The van der Waals surface area contributed by atoms with E-state index in [-0.39, 0.29) is 0 Å². The molecule has 1 aliphatic heterocycles. The minimum absolute atomic E-state index is 0.496. The third-order valence-corrected chi connectivity index (χ3v) is 5.70. The molecule has 30 heavy (non-hydrogen) atoms. The van der Waals surface area contributed by atoms with Gasteiger partial charge in [-0.05, 0) is 79.2 Å². The fraction of sp³-hybridized carbons (Fsp3) is 0.280. The number of rotatable bonds is 5. The van der Waals surface area contributed by atoms with E-state index in [9.17, 15) is 0 Å². The lowest BCUT2D eigenvalue weighted by molar-refractivity contribution is 0.290. The summed E-state index contributed by atoms with van der Waals surface area (Å²) in [5, 5.41) is 8.09. The summed E-state index contributed by atoms with van der Waals surface area (Å²) in [6.45, 7) is 2.25. The van der Waals surface area contributed by atoms with Gasteiger partial charge in [0.25, 0.3) is 0 Å². The second-order valence-electron chi connectivity index (χ2n) is 7.69. The average Bonchev–Trinajstić information content (AvgIpc) is 3.18. The van der Waals surface area contributed by atoms with Crippen molar-refractivity contribution < 1.29 is 0 Å². The van der Waals surface area contributed by atoms with Crippen LogP contribution in [-0.4, -0.2) is 29.3 Å². The number of para-hydroxylation sites is 1. The highest BCUT2D eigenvalue weighted by atomic mass is 32.1. The van der Waals surface area contributed by atoms with Crippen molar-refractivity contribution in [2.75, 3.05) is 18.4 Å². The van der Waals surface area contributed by atoms with E-state index in [0.29, 0.717) is 5.11 Å². The van der Waals surface area contributed by atoms with E-state index < -0.39 is 0 Å². The van der Waals surface area contributed by atoms with Gasteiger partial charge in [0.2, 0.25) is 0 Å². The van der Waals surface area contributed by atoms with Gasteiger partial charge in [-0.15, -0.1) is 0 Å². The minimum atomic E-state index is 0.496. The summed E-state index contributed by atoms with van der Waals surface area (Å²) in [6, 6.07) is 20.5. The number of benzene rings is 2. The zero-order valence-electron chi connectivity index (χ0n) is 17.2. The van der Waals surface area contributed by atoms with Crippen LogP contribution in [0.3, 0.4) is 0 Å². The number of hydrogen-bond acceptors (Lipinski definition) is 3. The third kappa shape index (κ3) is 5.36. The van der Waals surface area contributed by atoms with E-state index in [1.165, 1.54) is 41.7 Å². The molecule has 0 aromatic heterocycles. The van der Waals surface area contributed by atoms with Gasteiger partial charge < -0.3 is 10.2 Å². The summed E-state index contributed by atoms with van der Waals surface area (Å²) >= 11 is 5.37. The van der Waals surface area contributed by atoms with Gasteiger partial charge in [0.1, 0.15) is 0 Å². The van der Waals surface area contributed by atoms with Crippen LogP contribution >= 0.6 is 12.2 Å². The van der Waals surface area contributed by atoms with Crippen molar-refractivity contribution in [3.05, 3.63) is 83.1 Å². The second-order valence-corrected chi connectivity index (χ2v) is 8.10. The third-order valence-electron chi connectivity index (χ3n) is 5.50. The quantitative estimate of drug-likeness (QED) is 0.379. The number of thiocarbonyl (C=S) groups is 1. The van der Waals surface area contributed by atoms with E-state index in [0.717, 1.165) is 31.6 Å². The van der Waals surface area contributed by atoms with Crippen LogP contribution in [0.2, 0.25) is 0 Å². The average molecular weight is 417 g/mol. The molecule has 0 radical (unpaired) electrons. The molecule has 0 spiro atoms. The molecule has 4 nitrogen and oxygen atoms in total. The highest BCUT2D eigenvalue weighted by Gasteiger charge is 2.25. The van der Waals surface area contributed by atoms with Gasteiger partial charge in [0.15, 0.2) is 5.11 Å². The van der Waals surface area contributed by atoms with Crippen LogP contribution in [0.4, 0.5) is 5.69 Å². The Morgan fingerprint density at radius 1 is 0.900 bits per heavy atom. The lowest BCUT2D eigenvalue weighted by Gasteiger charge is -2.31. The highest BCUT2D eigenvalue weighted by Crippen LogP contribution is 2.35. The molecule has 1 aliphatic carbocycles. The van der Waals surface area contributed by atoms with E-state index in [1.54, 1.807) is 0 Å². The monoisotopic (exact) mass is 416 g/mol. The second kappa shape index (κ2) is 10.2. The Kier molecular flexibility index (Phi) is 6.93. The summed E-state index contributed by atoms with van der Waals surface area (Å²) < 4.78 is 0. The number of likely N-dealkylation sites (tertiary alicyclic amines) is 1. The molecule has 4 rings (SSSR count). The molecule has 5 heteroatoms. The van der Waals surface area contributed by atoms with E-state index in [4.69, 9.17) is 12.2 Å². The molecule has 0 bridgehead atoms. The molecule has 1 fully saturated rings. The fourth-order valence-electron chi connectivity index (χ4n) is 4.10. The Hall–Kier alpha value is -2.92. The lowest BCUT2D eigenvalue weighted by Crippen LogP contribution is -2.30. The zero-order valence-corrected chi connectivity index (χ0v) is 18.0. The Labute approximate surface area is 184 Å². The molecule has 1 heterocycles. The normalized spacial score (nSPS) is 18.3. The zero-order chi connectivity index (χ0) is 20.6. The van der Waals surface area contributed by atoms with Gasteiger partial charge in [-0.3, -0.25) is 5.43 Å². The Bertz CT molecular complexity index is 942. The molecule has 154 valence electrons. The predicted octanol–water partition coefficient (Wildman–Crippen LogP) is 5.58. The van der Waals surface area contributed by atoms with Crippen LogP contribution in [0, 0.1) is 0 Å². The van der Waals surface area contributed by atoms with E-state index in [1.807, 2.05) is 36.5 Å². The molecule has 2 aromatic rings. The number of piperidine rings is 1. The van der Waals surface area contributed by atoms with Gasteiger partial charge in [-0.25, -0.2) is 0 Å². The van der Waals surface area contributed by atoms with Gasteiger partial charge in [-0.1, -0.05) is 48.5 Å². The topological polar surface area (TPSA) is 39.7 Å². The maximum Gasteiger partial charge on any atom is 0.191 e. The smallest absolute Gasteiger partial charge is 0.191 e. The molecule has 2 N–H and O–H groups in total. The summed E-state index contributed by atoms with van der Waals surface area (Å²) in [5.74, 6) is 0. The summed E-state index contributed by atoms with van der Waals surface area (Å²) in [7, 11) is 0. The van der Waals surface area contributed by atoms with Crippen molar-refractivity contribution in [1.29, 1.82) is 0 Å². The highest BCUT2D eigenvalue weighted by molar-refractivity contribution is 7.80. The summed E-state index contributed by atoms with van der Waals surface area (Å²) in [4.78, 5) is 2.55. The molecular formula is C25H28N4S. The number of nitrogens with one attached hydrogen (secondary N) is 2. The number of hydrogen-bond donors (Lipinski definition) is 2. The Morgan fingerprint density at radius 3 is 2.33 bits per heavy atom. The van der Waals surface area contributed by atoms with Gasteiger partial charge in [-0.2, -0.15) is 5.10 Å².